The summed E-state index contributed by atoms with van der Waals surface area (Å²) in [7, 11) is 0. The molecular weight excluding hydrogens is 426 g/mol. The van der Waals surface area contributed by atoms with Gasteiger partial charge in [0.05, 0.1) is 5.52 Å². The van der Waals surface area contributed by atoms with Crippen LogP contribution in [0.2, 0.25) is 0 Å². The zero-order valence-electron chi connectivity index (χ0n) is 18.8. The summed E-state index contributed by atoms with van der Waals surface area (Å²) in [6.07, 6.45) is 1.56. The van der Waals surface area contributed by atoms with E-state index in [1.165, 1.54) is 11.1 Å². The van der Waals surface area contributed by atoms with Crippen LogP contribution in [0.15, 0.2) is 85.1 Å². The molecule has 6 nitrogen and oxygen atoms in total. The van der Waals surface area contributed by atoms with Gasteiger partial charge in [-0.25, -0.2) is 4.79 Å². The summed E-state index contributed by atoms with van der Waals surface area (Å²) in [5.74, 6) is -0.322. The van der Waals surface area contributed by atoms with Gasteiger partial charge in [-0.3, -0.25) is 9.78 Å². The highest BCUT2D eigenvalue weighted by molar-refractivity contribution is 5.98. The second kappa shape index (κ2) is 9.35. The van der Waals surface area contributed by atoms with Gasteiger partial charge in [-0.15, -0.1) is 0 Å². The van der Waals surface area contributed by atoms with Crippen LogP contribution in [-0.2, 0) is 9.53 Å². The molecule has 0 saturated carbocycles. The van der Waals surface area contributed by atoms with Crippen molar-refractivity contribution >= 4 is 28.6 Å². The summed E-state index contributed by atoms with van der Waals surface area (Å²) >= 11 is 0. The van der Waals surface area contributed by atoms with Gasteiger partial charge < -0.3 is 15.4 Å². The molecule has 1 atom stereocenters. The first-order chi connectivity index (χ1) is 16.6. The van der Waals surface area contributed by atoms with Crippen molar-refractivity contribution in [1.82, 2.24) is 10.3 Å². The Labute approximate surface area is 198 Å². The number of nitrogens with one attached hydrogen (secondary N) is 2. The van der Waals surface area contributed by atoms with Gasteiger partial charge in [0.1, 0.15) is 12.6 Å². The monoisotopic (exact) mass is 451 g/mol. The predicted molar refractivity (Wildman–Crippen MR) is 133 cm³/mol. The molecule has 34 heavy (non-hydrogen) atoms. The molecule has 1 aromatic heterocycles. The largest absolute Gasteiger partial charge is 0.449 e. The second-order valence-corrected chi connectivity index (χ2v) is 8.33. The average molecular weight is 452 g/mol. The molecule has 0 saturated heterocycles. The number of aromatic nitrogens is 1. The van der Waals surface area contributed by atoms with Crippen LogP contribution in [0, 0.1) is 0 Å². The van der Waals surface area contributed by atoms with Crippen LogP contribution in [0.25, 0.3) is 22.0 Å². The molecule has 0 fully saturated rings. The number of pyridine rings is 1. The van der Waals surface area contributed by atoms with Crippen LogP contribution in [0.3, 0.4) is 0 Å². The summed E-state index contributed by atoms with van der Waals surface area (Å²) < 4.78 is 5.59. The van der Waals surface area contributed by atoms with E-state index in [4.69, 9.17) is 4.74 Å². The van der Waals surface area contributed by atoms with Crippen molar-refractivity contribution in [2.75, 3.05) is 11.9 Å². The Morgan fingerprint density at radius 1 is 0.941 bits per heavy atom. The van der Waals surface area contributed by atoms with Gasteiger partial charge in [0.25, 0.3) is 0 Å². The minimum Gasteiger partial charge on any atom is -0.449 e. The fourth-order valence-corrected chi connectivity index (χ4v) is 4.52. The van der Waals surface area contributed by atoms with E-state index in [1.807, 2.05) is 55.5 Å². The Hall–Kier alpha value is -4.19. The number of benzene rings is 3. The zero-order chi connectivity index (χ0) is 23.5. The smallest absolute Gasteiger partial charge is 0.407 e. The van der Waals surface area contributed by atoms with Crippen molar-refractivity contribution < 1.29 is 14.3 Å². The number of hydrogen-bond acceptors (Lipinski definition) is 4. The van der Waals surface area contributed by atoms with Crippen LogP contribution in [0.5, 0.6) is 0 Å². The Morgan fingerprint density at radius 3 is 2.35 bits per heavy atom. The Morgan fingerprint density at radius 2 is 1.65 bits per heavy atom. The van der Waals surface area contributed by atoms with E-state index in [2.05, 4.69) is 39.9 Å². The van der Waals surface area contributed by atoms with E-state index in [-0.39, 0.29) is 18.4 Å². The van der Waals surface area contributed by atoms with Gasteiger partial charge in [-0.2, -0.15) is 0 Å². The maximum Gasteiger partial charge on any atom is 0.407 e. The van der Waals surface area contributed by atoms with E-state index in [0.717, 1.165) is 22.0 Å². The third kappa shape index (κ3) is 4.22. The lowest BCUT2D eigenvalue weighted by atomic mass is 9.98. The molecule has 2 amide bonds. The Bertz CT molecular complexity index is 1320. The third-order valence-electron chi connectivity index (χ3n) is 6.23. The summed E-state index contributed by atoms with van der Waals surface area (Å²) in [6, 6.07) is 24.9. The first-order valence-corrected chi connectivity index (χ1v) is 11.4. The molecule has 0 aliphatic heterocycles. The number of alkyl carbamates (subject to hydrolysis) is 1. The minimum atomic E-state index is -0.708. The normalized spacial score (nSPS) is 13.1. The van der Waals surface area contributed by atoms with Crippen LogP contribution >= 0.6 is 0 Å². The first kappa shape index (κ1) is 21.6. The van der Waals surface area contributed by atoms with Gasteiger partial charge >= 0.3 is 6.09 Å². The molecule has 170 valence electrons. The maximum atomic E-state index is 12.8. The summed E-state index contributed by atoms with van der Waals surface area (Å²) in [4.78, 5) is 29.7. The van der Waals surface area contributed by atoms with Gasteiger partial charge in [0.15, 0.2) is 0 Å². The number of carbonyl (C=O) groups excluding carboxylic acids is 2. The van der Waals surface area contributed by atoms with Crippen LogP contribution < -0.4 is 10.6 Å². The van der Waals surface area contributed by atoms with Crippen LogP contribution in [0.1, 0.15) is 30.4 Å². The number of nitrogens with zero attached hydrogens (tertiary/aromatic N) is 1. The number of anilines is 1. The fourth-order valence-electron chi connectivity index (χ4n) is 4.52. The highest BCUT2D eigenvalue weighted by atomic mass is 16.5. The highest BCUT2D eigenvalue weighted by Gasteiger charge is 2.29. The molecule has 0 spiro atoms. The molecule has 1 aliphatic carbocycles. The number of hydrogen-bond donors (Lipinski definition) is 2. The fraction of sp³-hybridized carbons (Fsp3) is 0.179. The van der Waals surface area contributed by atoms with Gasteiger partial charge in [-0.1, -0.05) is 61.5 Å². The molecule has 5 rings (SSSR count). The number of rotatable bonds is 6. The van der Waals surface area contributed by atoms with Crippen LogP contribution in [-0.4, -0.2) is 29.6 Å². The van der Waals surface area contributed by atoms with E-state index >= 15 is 0 Å². The standard InChI is InChI=1S/C28H25N3O3/c1-2-25(27(32)30-19-13-14-26-18(16-19)8-7-15-29-26)31-28(33)34-17-24-22-11-5-3-9-20(22)21-10-4-6-12-23(21)24/h3-16,24-25H,2,17H2,1H3,(H,30,32)(H,31,33). The molecule has 1 unspecified atom stereocenters. The molecule has 6 heteroatoms. The topological polar surface area (TPSA) is 80.3 Å². The van der Waals surface area contributed by atoms with Crippen LogP contribution in [0.4, 0.5) is 10.5 Å². The number of amides is 2. The molecule has 1 heterocycles. The van der Waals surface area contributed by atoms with Crippen molar-refractivity contribution in [2.24, 2.45) is 0 Å². The van der Waals surface area contributed by atoms with Crippen molar-refractivity contribution in [3.63, 3.8) is 0 Å². The van der Waals surface area contributed by atoms with Crippen molar-refractivity contribution in [3.05, 3.63) is 96.2 Å². The maximum absolute atomic E-state index is 12.8. The van der Waals surface area contributed by atoms with Crippen molar-refractivity contribution in [1.29, 1.82) is 0 Å². The van der Waals surface area contributed by atoms with Crippen molar-refractivity contribution in [2.45, 2.75) is 25.3 Å². The average Bonchev–Trinajstić information content (AvgIpc) is 3.19. The summed E-state index contributed by atoms with van der Waals surface area (Å²) in [6.45, 7) is 2.05. The molecule has 0 bridgehead atoms. The lowest BCUT2D eigenvalue weighted by Gasteiger charge is -2.19. The highest BCUT2D eigenvalue weighted by Crippen LogP contribution is 2.44. The first-order valence-electron chi connectivity index (χ1n) is 11.4. The Balaban J connectivity index is 1.22. The zero-order valence-corrected chi connectivity index (χ0v) is 18.8. The van der Waals surface area contributed by atoms with Gasteiger partial charge in [0.2, 0.25) is 5.91 Å². The van der Waals surface area contributed by atoms with E-state index < -0.39 is 12.1 Å². The predicted octanol–water partition coefficient (Wildman–Crippen LogP) is 5.49. The number of ether oxygens (including phenoxy) is 1. The molecule has 4 aromatic rings. The van der Waals surface area contributed by atoms with Crippen molar-refractivity contribution in [3.8, 4) is 11.1 Å². The molecule has 0 radical (unpaired) electrons. The number of carbonyl (C=O) groups is 2. The molecule has 3 aromatic carbocycles. The number of fused-ring (bicyclic) bond motifs is 4. The molecule has 2 N–H and O–H groups in total. The lowest BCUT2D eigenvalue weighted by molar-refractivity contribution is -0.118. The summed E-state index contributed by atoms with van der Waals surface area (Å²) in [5, 5.41) is 6.52. The van der Waals surface area contributed by atoms with Gasteiger partial charge in [-0.05, 0) is 52.9 Å². The Kier molecular flexibility index (Phi) is 5.95. The minimum absolute atomic E-state index is 0.0294. The summed E-state index contributed by atoms with van der Waals surface area (Å²) in [5.41, 5.74) is 6.13. The lowest BCUT2D eigenvalue weighted by Crippen LogP contribution is -2.43. The van der Waals surface area contributed by atoms with E-state index in [0.29, 0.717) is 12.1 Å². The van der Waals surface area contributed by atoms with E-state index in [9.17, 15) is 9.59 Å². The molecular formula is C28H25N3O3. The second-order valence-electron chi connectivity index (χ2n) is 8.33. The molecule has 1 aliphatic rings. The third-order valence-corrected chi connectivity index (χ3v) is 6.23. The quantitative estimate of drug-likeness (QED) is 0.406. The van der Waals surface area contributed by atoms with Gasteiger partial charge in [0, 0.05) is 23.2 Å². The van der Waals surface area contributed by atoms with E-state index in [1.54, 1.807) is 12.3 Å². The SMILES string of the molecule is CCC(NC(=O)OCC1c2ccccc2-c2ccccc21)C(=O)Nc1ccc2ncccc2c1.